The summed E-state index contributed by atoms with van der Waals surface area (Å²) in [5.74, 6) is 1.97. The van der Waals surface area contributed by atoms with Crippen LogP contribution in [0.2, 0.25) is 0 Å². The molecule has 1 fully saturated rings. The Morgan fingerprint density at radius 3 is 2.63 bits per heavy atom. The van der Waals surface area contributed by atoms with Crippen LogP contribution >= 0.6 is 11.8 Å². The highest BCUT2D eigenvalue weighted by Crippen LogP contribution is 2.26. The van der Waals surface area contributed by atoms with E-state index in [1.165, 1.54) is 20.0 Å². The highest BCUT2D eigenvalue weighted by molar-refractivity contribution is 7.99. The van der Waals surface area contributed by atoms with E-state index in [0.717, 1.165) is 37.2 Å². The lowest BCUT2D eigenvalue weighted by molar-refractivity contribution is -0.148. The molecular formula is C14H27NO3S. The van der Waals surface area contributed by atoms with Gasteiger partial charge in [0.2, 0.25) is 0 Å². The third-order valence-electron chi connectivity index (χ3n) is 3.40. The van der Waals surface area contributed by atoms with Gasteiger partial charge in [-0.2, -0.15) is 11.8 Å². The topological polar surface area (TPSA) is 58.6 Å². The van der Waals surface area contributed by atoms with Crippen LogP contribution in [0.3, 0.4) is 0 Å². The SMILES string of the molecule is COC(=O)C(C)(CCCCSCCCO)NC1CC1. The number of thioether (sulfide) groups is 1. The molecule has 0 radical (unpaired) electrons. The molecule has 0 spiro atoms. The zero-order chi connectivity index (χ0) is 14.1. The van der Waals surface area contributed by atoms with Gasteiger partial charge in [0, 0.05) is 12.6 Å². The zero-order valence-corrected chi connectivity index (χ0v) is 12.9. The standard InChI is InChI=1S/C14H27NO3S/c1-14(13(17)18-2,15-12-6-7-12)8-3-4-10-19-11-5-9-16/h12,15-16H,3-11H2,1-2H3. The van der Waals surface area contributed by atoms with E-state index in [2.05, 4.69) is 5.32 Å². The van der Waals surface area contributed by atoms with Gasteiger partial charge in [-0.05, 0) is 50.5 Å². The van der Waals surface area contributed by atoms with Crippen LogP contribution < -0.4 is 5.32 Å². The van der Waals surface area contributed by atoms with Crippen LogP contribution in [-0.4, -0.2) is 47.9 Å². The normalized spacial score (nSPS) is 18.1. The largest absolute Gasteiger partial charge is 0.468 e. The van der Waals surface area contributed by atoms with Crippen LogP contribution in [0.4, 0.5) is 0 Å². The van der Waals surface area contributed by atoms with E-state index in [9.17, 15) is 4.79 Å². The predicted molar refractivity (Wildman–Crippen MR) is 79.5 cm³/mol. The first kappa shape index (κ1) is 16.8. The molecule has 1 atom stereocenters. The molecule has 0 amide bonds. The molecule has 5 heteroatoms. The summed E-state index contributed by atoms with van der Waals surface area (Å²) >= 11 is 1.87. The Kier molecular flexibility index (Phi) is 7.80. The Bertz CT molecular complexity index is 271. The molecule has 1 aliphatic rings. The fourth-order valence-corrected chi connectivity index (χ4v) is 3.03. The average Bonchev–Trinajstić information content (AvgIpc) is 3.20. The van der Waals surface area contributed by atoms with Crippen molar-refractivity contribution in [3.05, 3.63) is 0 Å². The van der Waals surface area contributed by atoms with Gasteiger partial charge in [-0.25, -0.2) is 0 Å². The Hall–Kier alpha value is -0.260. The maximum atomic E-state index is 11.9. The number of unbranched alkanes of at least 4 members (excludes halogenated alkanes) is 1. The molecule has 0 aromatic heterocycles. The lowest BCUT2D eigenvalue weighted by atomic mass is 9.95. The third kappa shape index (κ3) is 6.63. The summed E-state index contributed by atoms with van der Waals surface area (Å²) in [5.41, 5.74) is -0.522. The van der Waals surface area contributed by atoms with E-state index in [1.54, 1.807) is 0 Å². The number of esters is 1. The lowest BCUT2D eigenvalue weighted by Crippen LogP contribution is -2.51. The quantitative estimate of drug-likeness (QED) is 0.450. The Morgan fingerprint density at radius 1 is 1.37 bits per heavy atom. The van der Waals surface area contributed by atoms with Crippen LogP contribution in [-0.2, 0) is 9.53 Å². The summed E-state index contributed by atoms with van der Waals surface area (Å²) < 4.78 is 4.92. The Labute approximate surface area is 120 Å². The molecule has 2 N–H and O–H groups in total. The van der Waals surface area contributed by atoms with E-state index in [-0.39, 0.29) is 12.6 Å². The third-order valence-corrected chi connectivity index (χ3v) is 4.55. The van der Waals surface area contributed by atoms with Crippen molar-refractivity contribution in [1.29, 1.82) is 0 Å². The number of carbonyl (C=O) groups is 1. The fraction of sp³-hybridized carbons (Fsp3) is 0.929. The lowest BCUT2D eigenvalue weighted by Gasteiger charge is -2.28. The molecule has 0 bridgehead atoms. The zero-order valence-electron chi connectivity index (χ0n) is 12.1. The number of carbonyl (C=O) groups excluding carboxylic acids is 1. The van der Waals surface area contributed by atoms with E-state index in [0.29, 0.717) is 6.04 Å². The van der Waals surface area contributed by atoms with E-state index in [4.69, 9.17) is 9.84 Å². The van der Waals surface area contributed by atoms with Crippen LogP contribution in [0.15, 0.2) is 0 Å². The van der Waals surface area contributed by atoms with Gasteiger partial charge >= 0.3 is 5.97 Å². The molecule has 0 aromatic carbocycles. The van der Waals surface area contributed by atoms with Gasteiger partial charge in [-0.1, -0.05) is 6.42 Å². The highest BCUT2D eigenvalue weighted by Gasteiger charge is 2.38. The van der Waals surface area contributed by atoms with Crippen molar-refractivity contribution in [2.75, 3.05) is 25.2 Å². The predicted octanol–water partition coefficient (Wildman–Crippen LogP) is 1.96. The molecule has 1 unspecified atom stereocenters. The first-order valence-electron chi connectivity index (χ1n) is 7.17. The highest BCUT2D eigenvalue weighted by atomic mass is 32.2. The number of nitrogens with one attached hydrogen (secondary N) is 1. The minimum Gasteiger partial charge on any atom is -0.468 e. The Balaban J connectivity index is 2.19. The number of ether oxygens (including phenoxy) is 1. The van der Waals surface area contributed by atoms with Crippen molar-refractivity contribution >= 4 is 17.7 Å². The van der Waals surface area contributed by atoms with Gasteiger partial charge in [-0.15, -0.1) is 0 Å². The second-order valence-corrected chi connectivity index (χ2v) is 6.61. The summed E-state index contributed by atoms with van der Waals surface area (Å²) in [6.07, 6.45) is 6.17. The summed E-state index contributed by atoms with van der Waals surface area (Å²) in [7, 11) is 1.46. The molecule has 0 aliphatic heterocycles. The number of methoxy groups -OCH3 is 1. The maximum absolute atomic E-state index is 11.9. The van der Waals surface area contributed by atoms with Crippen molar-refractivity contribution < 1.29 is 14.6 Å². The van der Waals surface area contributed by atoms with Crippen LogP contribution in [0.5, 0.6) is 0 Å². The smallest absolute Gasteiger partial charge is 0.325 e. The Morgan fingerprint density at radius 2 is 2.05 bits per heavy atom. The van der Waals surface area contributed by atoms with Gasteiger partial charge in [0.25, 0.3) is 0 Å². The van der Waals surface area contributed by atoms with Crippen molar-refractivity contribution in [2.45, 2.75) is 57.0 Å². The summed E-state index contributed by atoms with van der Waals surface area (Å²) in [5, 5.41) is 12.1. The van der Waals surface area contributed by atoms with Gasteiger partial charge in [0.1, 0.15) is 5.54 Å². The minimum atomic E-state index is -0.522. The minimum absolute atomic E-state index is 0.146. The summed E-state index contributed by atoms with van der Waals surface area (Å²) in [4.78, 5) is 11.9. The number of hydrogen-bond acceptors (Lipinski definition) is 5. The number of rotatable bonds is 11. The van der Waals surface area contributed by atoms with Crippen molar-refractivity contribution in [2.24, 2.45) is 0 Å². The van der Waals surface area contributed by atoms with Crippen molar-refractivity contribution in [1.82, 2.24) is 5.32 Å². The van der Waals surface area contributed by atoms with E-state index < -0.39 is 5.54 Å². The molecule has 0 heterocycles. The van der Waals surface area contributed by atoms with Crippen molar-refractivity contribution in [3.63, 3.8) is 0 Å². The maximum Gasteiger partial charge on any atom is 0.325 e. The number of hydrogen-bond donors (Lipinski definition) is 2. The van der Waals surface area contributed by atoms with E-state index >= 15 is 0 Å². The van der Waals surface area contributed by atoms with Crippen molar-refractivity contribution in [3.8, 4) is 0 Å². The first-order valence-corrected chi connectivity index (χ1v) is 8.32. The molecule has 0 aromatic rings. The molecule has 1 aliphatic carbocycles. The first-order chi connectivity index (χ1) is 9.12. The van der Waals surface area contributed by atoms with Gasteiger partial charge < -0.3 is 9.84 Å². The average molecular weight is 289 g/mol. The second kappa shape index (κ2) is 8.82. The molecule has 1 saturated carbocycles. The second-order valence-electron chi connectivity index (χ2n) is 5.39. The molecule has 19 heavy (non-hydrogen) atoms. The van der Waals surface area contributed by atoms with Gasteiger partial charge in [0.15, 0.2) is 0 Å². The van der Waals surface area contributed by atoms with Gasteiger partial charge in [0.05, 0.1) is 7.11 Å². The van der Waals surface area contributed by atoms with E-state index in [1.807, 2.05) is 18.7 Å². The molecule has 112 valence electrons. The van der Waals surface area contributed by atoms with Crippen LogP contribution in [0.1, 0.15) is 45.4 Å². The number of aliphatic hydroxyl groups excluding tert-OH is 1. The molecule has 4 nitrogen and oxygen atoms in total. The molecule has 0 saturated heterocycles. The van der Waals surface area contributed by atoms with Crippen LogP contribution in [0.25, 0.3) is 0 Å². The summed E-state index contributed by atoms with van der Waals surface area (Å²) in [6.45, 7) is 2.23. The molecular weight excluding hydrogens is 262 g/mol. The fourth-order valence-electron chi connectivity index (χ4n) is 2.09. The monoisotopic (exact) mass is 289 g/mol. The number of aliphatic hydroxyl groups is 1. The van der Waals surface area contributed by atoms with Crippen LogP contribution in [0, 0.1) is 0 Å². The van der Waals surface area contributed by atoms with Gasteiger partial charge in [-0.3, -0.25) is 10.1 Å². The summed E-state index contributed by atoms with van der Waals surface area (Å²) in [6, 6.07) is 0.503. The molecule has 1 rings (SSSR count).